The average Bonchev–Trinajstić information content (AvgIpc) is 0.811. The topological polar surface area (TPSA) is 20.2 Å². The van der Waals surface area contributed by atoms with Crippen LogP contribution in [-0.4, -0.2) is 17.9 Å². The Kier molecular flexibility index (Phi) is 2.02. The zero-order valence-corrected chi connectivity index (χ0v) is 3.99. The SMILES string of the molecule is BC(O)Br. The molecule has 1 atom stereocenters. The molecule has 24 valence electrons. The van der Waals surface area contributed by atoms with Crippen LogP contribution in [0.5, 0.6) is 0 Å². The third-order valence-electron chi connectivity index (χ3n) is 0. The minimum absolute atomic E-state index is 0.354. The van der Waals surface area contributed by atoms with Crippen molar-refractivity contribution in [3.05, 3.63) is 0 Å². The van der Waals surface area contributed by atoms with Crippen molar-refractivity contribution >= 4 is 23.8 Å². The molecule has 0 fully saturated rings. The molecule has 3 heteroatoms. The third kappa shape index (κ3) is 22.3. The normalized spacial score (nSPS) is 15.5. The van der Waals surface area contributed by atoms with E-state index in [1.54, 1.807) is 7.85 Å². The van der Waals surface area contributed by atoms with Gasteiger partial charge in [0.25, 0.3) is 0 Å². The van der Waals surface area contributed by atoms with Gasteiger partial charge in [0.15, 0.2) is 7.85 Å². The van der Waals surface area contributed by atoms with Gasteiger partial charge in [-0.25, -0.2) is 0 Å². The standard InChI is InChI=1S/CH4BBrO/c2-1(3)4/h1,4H,2H2. The van der Waals surface area contributed by atoms with E-state index in [1.807, 2.05) is 0 Å². The Labute approximate surface area is 34.6 Å². The Morgan fingerprint density at radius 3 is 2.00 bits per heavy atom. The lowest BCUT2D eigenvalue weighted by Gasteiger charge is -1.76. The van der Waals surface area contributed by atoms with Crippen molar-refractivity contribution in [1.82, 2.24) is 0 Å². The lowest BCUT2D eigenvalue weighted by atomic mass is 10.2. The van der Waals surface area contributed by atoms with E-state index in [0.717, 1.165) is 0 Å². The maximum atomic E-state index is 7.97. The van der Waals surface area contributed by atoms with E-state index in [1.165, 1.54) is 0 Å². The van der Waals surface area contributed by atoms with E-state index in [9.17, 15) is 0 Å². The number of hydrogen-bond acceptors (Lipinski definition) is 1. The van der Waals surface area contributed by atoms with E-state index in [2.05, 4.69) is 15.9 Å². The predicted octanol–water partition coefficient (Wildman–Crippen LogP) is -0.710. The highest BCUT2D eigenvalue weighted by atomic mass is 79.9. The summed E-state index contributed by atoms with van der Waals surface area (Å²) in [5, 5.41) is 7.97. The fourth-order valence-electron chi connectivity index (χ4n) is 0. The predicted molar refractivity (Wildman–Crippen MR) is 23.5 cm³/mol. The van der Waals surface area contributed by atoms with Gasteiger partial charge < -0.3 is 5.11 Å². The molecule has 0 heterocycles. The summed E-state index contributed by atoms with van der Waals surface area (Å²) in [5.41, 5.74) is 0. The molecule has 0 aliphatic carbocycles. The van der Waals surface area contributed by atoms with Crippen molar-refractivity contribution in [2.45, 2.75) is 4.91 Å². The molecule has 0 aromatic rings. The van der Waals surface area contributed by atoms with Gasteiger partial charge in [0.05, 0.1) is 4.91 Å². The highest BCUT2D eigenvalue weighted by Crippen LogP contribution is 1.79. The zero-order valence-electron chi connectivity index (χ0n) is 2.40. The van der Waals surface area contributed by atoms with Crippen LogP contribution in [0, 0.1) is 0 Å². The number of aliphatic hydroxyl groups is 1. The highest BCUT2D eigenvalue weighted by Gasteiger charge is 1.73. The van der Waals surface area contributed by atoms with Crippen LogP contribution < -0.4 is 0 Å². The Morgan fingerprint density at radius 1 is 2.00 bits per heavy atom. The molecule has 0 rings (SSSR count). The van der Waals surface area contributed by atoms with Gasteiger partial charge in [-0.15, -0.1) is 0 Å². The molecule has 0 aromatic carbocycles. The van der Waals surface area contributed by atoms with Crippen molar-refractivity contribution in [1.29, 1.82) is 0 Å². The van der Waals surface area contributed by atoms with Gasteiger partial charge >= 0.3 is 0 Å². The fourth-order valence-corrected chi connectivity index (χ4v) is 0. The van der Waals surface area contributed by atoms with E-state index in [0.29, 0.717) is 0 Å². The van der Waals surface area contributed by atoms with Crippen LogP contribution >= 0.6 is 15.9 Å². The van der Waals surface area contributed by atoms with Crippen molar-refractivity contribution < 1.29 is 5.11 Å². The second-order valence-corrected chi connectivity index (χ2v) is 1.90. The first-order chi connectivity index (χ1) is 1.73. The highest BCUT2D eigenvalue weighted by molar-refractivity contribution is 9.10. The van der Waals surface area contributed by atoms with Crippen LogP contribution in [0.15, 0.2) is 0 Å². The molecular weight excluding hydrogens is 119 g/mol. The van der Waals surface area contributed by atoms with Crippen LogP contribution in [0.1, 0.15) is 0 Å². The average molecular weight is 123 g/mol. The number of rotatable bonds is 0. The molecule has 0 aliphatic heterocycles. The van der Waals surface area contributed by atoms with Gasteiger partial charge in [-0.05, 0) is 0 Å². The summed E-state index contributed by atoms with van der Waals surface area (Å²) in [6, 6.07) is 0. The number of alkyl halides is 1. The van der Waals surface area contributed by atoms with E-state index in [-0.39, 0.29) is 4.91 Å². The van der Waals surface area contributed by atoms with Crippen LogP contribution in [0.3, 0.4) is 0 Å². The van der Waals surface area contributed by atoms with Gasteiger partial charge in [0, 0.05) is 0 Å². The van der Waals surface area contributed by atoms with Crippen molar-refractivity contribution in [2.24, 2.45) is 0 Å². The molecule has 0 saturated carbocycles. The Balaban J connectivity index is 2.32. The van der Waals surface area contributed by atoms with E-state index >= 15 is 0 Å². The van der Waals surface area contributed by atoms with Gasteiger partial charge in [0.2, 0.25) is 0 Å². The number of halogens is 1. The Morgan fingerprint density at radius 2 is 2.00 bits per heavy atom. The minimum Gasteiger partial charge on any atom is -0.391 e. The van der Waals surface area contributed by atoms with Crippen LogP contribution in [0.4, 0.5) is 0 Å². The Hall–Kier alpha value is 0.505. The molecule has 0 bridgehead atoms. The summed E-state index contributed by atoms with van der Waals surface area (Å²) in [5.74, 6) is 0. The van der Waals surface area contributed by atoms with Crippen LogP contribution in [0.25, 0.3) is 0 Å². The molecule has 0 aromatic heterocycles. The van der Waals surface area contributed by atoms with Gasteiger partial charge in [-0.1, -0.05) is 15.9 Å². The van der Waals surface area contributed by atoms with Crippen LogP contribution in [0.2, 0.25) is 0 Å². The van der Waals surface area contributed by atoms with Gasteiger partial charge in [-0.3, -0.25) is 0 Å². The van der Waals surface area contributed by atoms with Crippen molar-refractivity contribution in [2.75, 3.05) is 0 Å². The van der Waals surface area contributed by atoms with Gasteiger partial charge in [-0.2, -0.15) is 0 Å². The second kappa shape index (κ2) is 1.79. The molecule has 1 unspecified atom stereocenters. The van der Waals surface area contributed by atoms with Crippen LogP contribution in [-0.2, 0) is 0 Å². The molecule has 0 spiro atoms. The fraction of sp³-hybridized carbons (Fsp3) is 1.00. The quantitative estimate of drug-likeness (QED) is 0.333. The smallest absolute Gasteiger partial charge is 0.153 e. The minimum atomic E-state index is -0.354. The lowest BCUT2D eigenvalue weighted by molar-refractivity contribution is 0.345. The summed E-state index contributed by atoms with van der Waals surface area (Å²) in [7, 11) is 1.64. The first-order valence-corrected chi connectivity index (χ1v) is 1.97. The first kappa shape index (κ1) is 4.50. The molecule has 1 N–H and O–H groups in total. The molecule has 0 aliphatic rings. The maximum Gasteiger partial charge on any atom is 0.153 e. The summed E-state index contributed by atoms with van der Waals surface area (Å²) in [4.78, 5) is -0.354. The van der Waals surface area contributed by atoms with Gasteiger partial charge in [0.1, 0.15) is 0 Å². The molecule has 0 radical (unpaired) electrons. The summed E-state index contributed by atoms with van der Waals surface area (Å²) >= 11 is 2.83. The molecule has 0 saturated heterocycles. The van der Waals surface area contributed by atoms with E-state index in [4.69, 9.17) is 5.11 Å². The zero-order chi connectivity index (χ0) is 3.58. The molecule has 1 nitrogen and oxygen atoms in total. The largest absolute Gasteiger partial charge is 0.391 e. The second-order valence-electron chi connectivity index (χ2n) is 0.574. The van der Waals surface area contributed by atoms with E-state index < -0.39 is 0 Å². The monoisotopic (exact) mass is 122 g/mol. The molecule has 0 amide bonds. The summed E-state index contributed by atoms with van der Waals surface area (Å²) < 4.78 is 0. The maximum absolute atomic E-state index is 7.97. The summed E-state index contributed by atoms with van der Waals surface area (Å²) in [6.45, 7) is 0. The molecule has 4 heavy (non-hydrogen) atoms. The van der Waals surface area contributed by atoms with Crippen molar-refractivity contribution in [3.8, 4) is 0 Å². The lowest BCUT2D eigenvalue weighted by Crippen LogP contribution is -1.87. The van der Waals surface area contributed by atoms with Crippen molar-refractivity contribution in [3.63, 3.8) is 0 Å². The number of hydrogen-bond donors (Lipinski definition) is 1. The molecular formula is CH4BBrO. The Bertz CT molecular complexity index is 12.8. The summed E-state index contributed by atoms with van der Waals surface area (Å²) in [6.07, 6.45) is 0. The third-order valence-corrected chi connectivity index (χ3v) is 0. The number of aliphatic hydroxyl groups excluding tert-OH is 1. The first-order valence-electron chi connectivity index (χ1n) is 1.05.